The standard InChI is InChI=1S/C23H18F4N4O4/c24-12-4-5-16(18(8-12)23(25,26)27)20-30-19-17(6-7-28-21(19)31-20)22(34)29-13-2-1-3-15(9-13)35-11-14(33)10-32/h1-9,14,32-33H,10-11H2,(H,29,34)(H,28,30,31). The maximum Gasteiger partial charge on any atom is 0.417 e. The lowest BCUT2D eigenvalue weighted by atomic mass is 10.1. The molecule has 2 aromatic heterocycles. The number of rotatable bonds is 7. The molecule has 1 unspecified atom stereocenters. The van der Waals surface area contributed by atoms with E-state index >= 15 is 0 Å². The molecule has 4 rings (SSSR count). The zero-order valence-electron chi connectivity index (χ0n) is 17.8. The van der Waals surface area contributed by atoms with Crippen LogP contribution in [0.3, 0.4) is 0 Å². The van der Waals surface area contributed by atoms with E-state index in [1.807, 2.05) is 0 Å². The zero-order valence-corrected chi connectivity index (χ0v) is 17.8. The van der Waals surface area contributed by atoms with Crippen molar-refractivity contribution in [1.82, 2.24) is 15.0 Å². The third-order valence-electron chi connectivity index (χ3n) is 4.92. The normalized spacial score (nSPS) is 12.5. The Morgan fingerprint density at radius 2 is 1.97 bits per heavy atom. The summed E-state index contributed by atoms with van der Waals surface area (Å²) in [5.74, 6) is -1.55. The molecule has 0 radical (unpaired) electrons. The number of benzene rings is 2. The van der Waals surface area contributed by atoms with Crippen molar-refractivity contribution in [2.24, 2.45) is 0 Å². The number of halogens is 4. The number of hydrogen-bond acceptors (Lipinski definition) is 6. The number of pyridine rings is 1. The van der Waals surface area contributed by atoms with Crippen molar-refractivity contribution in [1.29, 1.82) is 0 Å². The fourth-order valence-corrected chi connectivity index (χ4v) is 3.29. The number of nitrogens with one attached hydrogen (secondary N) is 2. The van der Waals surface area contributed by atoms with Gasteiger partial charge in [0.15, 0.2) is 5.65 Å². The van der Waals surface area contributed by atoms with Crippen molar-refractivity contribution in [3.63, 3.8) is 0 Å². The molecule has 8 nitrogen and oxygen atoms in total. The highest BCUT2D eigenvalue weighted by atomic mass is 19.4. The molecule has 0 aliphatic carbocycles. The van der Waals surface area contributed by atoms with E-state index in [1.165, 1.54) is 18.3 Å². The second-order valence-electron chi connectivity index (χ2n) is 7.46. The number of aliphatic hydroxyl groups excluding tert-OH is 2. The minimum atomic E-state index is -4.83. The van der Waals surface area contributed by atoms with E-state index in [2.05, 4.69) is 20.3 Å². The topological polar surface area (TPSA) is 120 Å². The second kappa shape index (κ2) is 9.68. The summed E-state index contributed by atoms with van der Waals surface area (Å²) in [6.07, 6.45) is -4.61. The summed E-state index contributed by atoms with van der Waals surface area (Å²) in [5, 5.41) is 20.9. The van der Waals surface area contributed by atoms with Crippen LogP contribution >= 0.6 is 0 Å². The van der Waals surface area contributed by atoms with E-state index in [0.717, 1.165) is 12.1 Å². The minimum Gasteiger partial charge on any atom is -0.491 e. The van der Waals surface area contributed by atoms with Gasteiger partial charge in [0.25, 0.3) is 5.91 Å². The van der Waals surface area contributed by atoms with Crippen molar-refractivity contribution in [3.8, 4) is 17.1 Å². The van der Waals surface area contributed by atoms with Gasteiger partial charge in [-0.15, -0.1) is 0 Å². The maximum atomic E-state index is 13.5. The Labute approximate surface area is 195 Å². The number of H-pyrrole nitrogens is 1. The molecule has 0 fully saturated rings. The fraction of sp³-hybridized carbons (Fsp3) is 0.174. The lowest BCUT2D eigenvalue weighted by Gasteiger charge is -2.11. The third-order valence-corrected chi connectivity index (χ3v) is 4.92. The number of aromatic amines is 1. The Bertz CT molecular complexity index is 1370. The van der Waals surface area contributed by atoms with Gasteiger partial charge in [0.05, 0.1) is 23.3 Å². The van der Waals surface area contributed by atoms with Crippen LogP contribution in [0.15, 0.2) is 54.7 Å². The Morgan fingerprint density at radius 1 is 1.17 bits per heavy atom. The average Bonchev–Trinajstić information content (AvgIpc) is 3.26. The molecule has 1 amide bonds. The molecular weight excluding hydrogens is 472 g/mol. The summed E-state index contributed by atoms with van der Waals surface area (Å²) in [4.78, 5) is 23.7. The summed E-state index contributed by atoms with van der Waals surface area (Å²) in [7, 11) is 0. The van der Waals surface area contributed by atoms with Gasteiger partial charge in [0.1, 0.15) is 30.1 Å². The molecule has 0 aliphatic rings. The molecule has 0 aliphatic heterocycles. The molecule has 0 saturated carbocycles. The Hall–Kier alpha value is -4.03. The molecule has 0 spiro atoms. The number of nitrogens with zero attached hydrogens (tertiary/aromatic N) is 2. The van der Waals surface area contributed by atoms with Gasteiger partial charge in [-0.2, -0.15) is 13.2 Å². The molecule has 1 atom stereocenters. The molecular formula is C23H18F4N4O4. The van der Waals surface area contributed by atoms with Gasteiger partial charge in [-0.1, -0.05) is 6.07 Å². The van der Waals surface area contributed by atoms with Crippen LogP contribution in [-0.4, -0.2) is 50.4 Å². The molecule has 35 heavy (non-hydrogen) atoms. The number of aromatic nitrogens is 3. The number of carbonyl (C=O) groups is 1. The van der Waals surface area contributed by atoms with E-state index < -0.39 is 41.7 Å². The number of hydrogen-bond donors (Lipinski definition) is 4. The molecule has 4 aromatic rings. The first-order chi connectivity index (χ1) is 16.7. The monoisotopic (exact) mass is 490 g/mol. The average molecular weight is 490 g/mol. The maximum absolute atomic E-state index is 13.5. The Morgan fingerprint density at radius 3 is 2.71 bits per heavy atom. The quantitative estimate of drug-likeness (QED) is 0.293. The summed E-state index contributed by atoms with van der Waals surface area (Å²) in [5.41, 5.74) is -1.11. The number of aliphatic hydroxyl groups is 2. The molecule has 12 heteroatoms. The third kappa shape index (κ3) is 5.39. The first kappa shape index (κ1) is 24.1. The van der Waals surface area contributed by atoms with Crippen molar-refractivity contribution >= 4 is 22.8 Å². The van der Waals surface area contributed by atoms with Crippen LogP contribution in [0, 0.1) is 5.82 Å². The number of fused-ring (bicyclic) bond motifs is 1. The summed E-state index contributed by atoms with van der Waals surface area (Å²) < 4.78 is 59.2. The van der Waals surface area contributed by atoms with E-state index in [-0.39, 0.29) is 29.2 Å². The molecule has 4 N–H and O–H groups in total. The first-order valence-corrected chi connectivity index (χ1v) is 10.2. The Kier molecular flexibility index (Phi) is 6.67. The minimum absolute atomic E-state index is 0.000162. The van der Waals surface area contributed by atoms with Crippen molar-refractivity contribution < 1.29 is 37.3 Å². The van der Waals surface area contributed by atoms with Gasteiger partial charge in [-0.25, -0.2) is 14.4 Å². The fourth-order valence-electron chi connectivity index (χ4n) is 3.29. The van der Waals surface area contributed by atoms with Crippen LogP contribution in [0.5, 0.6) is 5.75 Å². The largest absolute Gasteiger partial charge is 0.491 e. The number of carbonyl (C=O) groups excluding carboxylic acids is 1. The Balaban J connectivity index is 1.63. The number of imidazole rings is 1. The zero-order chi connectivity index (χ0) is 25.2. The number of ether oxygens (including phenoxy) is 1. The van der Waals surface area contributed by atoms with Gasteiger partial charge in [0, 0.05) is 23.5 Å². The molecule has 2 aromatic carbocycles. The highest BCUT2D eigenvalue weighted by Gasteiger charge is 2.35. The first-order valence-electron chi connectivity index (χ1n) is 10.2. The predicted octanol–water partition coefficient (Wildman–Crippen LogP) is 3.77. The highest BCUT2D eigenvalue weighted by Crippen LogP contribution is 2.37. The molecule has 182 valence electrons. The van der Waals surface area contributed by atoms with Crippen molar-refractivity contribution in [3.05, 3.63) is 71.7 Å². The van der Waals surface area contributed by atoms with Crippen molar-refractivity contribution in [2.75, 3.05) is 18.5 Å². The van der Waals surface area contributed by atoms with Gasteiger partial charge in [-0.05, 0) is 36.4 Å². The van der Waals surface area contributed by atoms with Gasteiger partial charge in [0.2, 0.25) is 0 Å². The van der Waals surface area contributed by atoms with Gasteiger partial charge >= 0.3 is 6.18 Å². The highest BCUT2D eigenvalue weighted by molar-refractivity contribution is 6.11. The molecule has 0 saturated heterocycles. The lowest BCUT2D eigenvalue weighted by molar-refractivity contribution is -0.137. The van der Waals surface area contributed by atoms with Crippen LogP contribution in [0.25, 0.3) is 22.6 Å². The van der Waals surface area contributed by atoms with Gasteiger partial charge in [-0.3, -0.25) is 4.79 Å². The van der Waals surface area contributed by atoms with Crippen molar-refractivity contribution in [2.45, 2.75) is 12.3 Å². The van der Waals surface area contributed by atoms with Gasteiger partial charge < -0.3 is 25.3 Å². The summed E-state index contributed by atoms with van der Waals surface area (Å²) in [6.45, 7) is -0.623. The lowest BCUT2D eigenvalue weighted by Crippen LogP contribution is -2.21. The van der Waals surface area contributed by atoms with E-state index in [4.69, 9.17) is 9.84 Å². The van der Waals surface area contributed by atoms with Crippen LogP contribution in [0.1, 0.15) is 15.9 Å². The van der Waals surface area contributed by atoms with Crippen LogP contribution in [-0.2, 0) is 6.18 Å². The van der Waals surface area contributed by atoms with Crippen LogP contribution < -0.4 is 10.1 Å². The predicted molar refractivity (Wildman–Crippen MR) is 117 cm³/mol. The molecule has 0 bridgehead atoms. The number of alkyl halides is 3. The summed E-state index contributed by atoms with van der Waals surface area (Å²) >= 11 is 0. The SMILES string of the molecule is O=C(Nc1cccc(OCC(O)CO)c1)c1ccnc2nc(-c3ccc(F)cc3C(F)(F)F)[nH]c12. The number of amides is 1. The smallest absolute Gasteiger partial charge is 0.417 e. The van der Waals surface area contributed by atoms with E-state index in [1.54, 1.807) is 18.2 Å². The van der Waals surface area contributed by atoms with E-state index in [0.29, 0.717) is 17.5 Å². The van der Waals surface area contributed by atoms with E-state index in [9.17, 15) is 27.5 Å². The molecule has 2 heterocycles. The van der Waals surface area contributed by atoms with Crippen LogP contribution in [0.2, 0.25) is 0 Å². The second-order valence-corrected chi connectivity index (χ2v) is 7.46. The number of anilines is 1. The van der Waals surface area contributed by atoms with Crippen LogP contribution in [0.4, 0.5) is 23.2 Å². The summed E-state index contributed by atoms with van der Waals surface area (Å²) in [6, 6.07) is 9.84.